The lowest BCUT2D eigenvalue weighted by atomic mass is 9.79. The van der Waals surface area contributed by atoms with Crippen molar-refractivity contribution in [3.63, 3.8) is 0 Å². The van der Waals surface area contributed by atoms with Crippen molar-refractivity contribution in [1.29, 1.82) is 0 Å². The summed E-state index contributed by atoms with van der Waals surface area (Å²) in [4.78, 5) is 39.3. The molecule has 0 aromatic rings. The highest BCUT2D eigenvalue weighted by Crippen LogP contribution is 2.39. The maximum absolute atomic E-state index is 14.0. The van der Waals surface area contributed by atoms with E-state index in [-0.39, 0.29) is 40.5 Å². The molecule has 2 unspecified atom stereocenters. The van der Waals surface area contributed by atoms with E-state index in [1.54, 1.807) is 0 Å². The second-order valence-electron chi connectivity index (χ2n) is 15.1. The van der Waals surface area contributed by atoms with Crippen molar-refractivity contribution in [3.8, 4) is 0 Å². The molecule has 0 saturated carbocycles. The molecular weight excluding hydrogens is 468 g/mol. The van der Waals surface area contributed by atoms with Crippen molar-refractivity contribution >= 4 is 12.4 Å². The molecule has 2 N–H and O–H groups in total. The normalized spacial score (nSPS) is 34.9. The van der Waals surface area contributed by atoms with Crippen LogP contribution in [0.5, 0.6) is 0 Å². The Bertz CT molecular complexity index is 888. The van der Waals surface area contributed by atoms with Crippen LogP contribution in [0, 0.1) is 0 Å². The highest BCUT2D eigenvalue weighted by Gasteiger charge is 2.57. The minimum Gasteiger partial charge on any atom is -0.308 e. The number of hydrogen-bond acceptors (Lipinski definition) is 7. The second kappa shape index (κ2) is 8.78. The quantitative estimate of drug-likeness (QED) is 0.552. The van der Waals surface area contributed by atoms with Gasteiger partial charge in [0.25, 0.3) is 0 Å². The van der Waals surface area contributed by atoms with Crippen molar-refractivity contribution in [2.75, 3.05) is 33.7 Å². The van der Waals surface area contributed by atoms with Crippen LogP contribution in [0.15, 0.2) is 0 Å². The van der Waals surface area contributed by atoms with E-state index in [0.29, 0.717) is 32.1 Å². The van der Waals surface area contributed by atoms with Crippen LogP contribution in [0.2, 0.25) is 0 Å². The summed E-state index contributed by atoms with van der Waals surface area (Å²) in [6, 6.07) is 0.731. The van der Waals surface area contributed by atoms with Gasteiger partial charge in [-0.1, -0.05) is 0 Å². The molecule has 3 amide bonds. The summed E-state index contributed by atoms with van der Waals surface area (Å²) in [6.45, 7) is 20.6. The summed E-state index contributed by atoms with van der Waals surface area (Å²) in [7, 11) is 2.10. The van der Waals surface area contributed by atoms with Crippen molar-refractivity contribution < 1.29 is 9.59 Å². The number of likely N-dealkylation sites (N-methyl/N-ethyl adjacent to an activating group) is 1. The summed E-state index contributed by atoms with van der Waals surface area (Å²) < 4.78 is 0. The fourth-order valence-corrected chi connectivity index (χ4v) is 8.57. The van der Waals surface area contributed by atoms with Crippen molar-refractivity contribution in [2.24, 2.45) is 0 Å². The number of hydrogen-bond donors (Lipinski definition) is 2. The highest BCUT2D eigenvalue weighted by atomic mass is 16.2. The zero-order chi connectivity index (χ0) is 27.1. The Balaban J connectivity index is 1.36. The largest absolute Gasteiger partial charge is 0.325 e. The second-order valence-corrected chi connectivity index (χ2v) is 15.1. The molecule has 0 aliphatic carbocycles. The monoisotopic (exact) mass is 518 g/mol. The Morgan fingerprint density at radius 1 is 0.676 bits per heavy atom. The van der Waals surface area contributed by atoms with Crippen LogP contribution in [0.4, 0.5) is 4.79 Å². The molecular formula is C27H50N8O2. The summed E-state index contributed by atoms with van der Waals surface area (Å²) in [5, 5.41) is 7.54. The Morgan fingerprint density at radius 2 is 1.08 bits per heavy atom. The molecule has 0 aromatic carbocycles. The number of amides is 3. The molecule has 5 heterocycles. The first-order valence-corrected chi connectivity index (χ1v) is 14.1. The van der Waals surface area contributed by atoms with Crippen molar-refractivity contribution in [2.45, 2.75) is 128 Å². The number of rotatable bonds is 3. The molecule has 5 aliphatic rings. The zero-order valence-corrected chi connectivity index (χ0v) is 24.5. The Labute approximate surface area is 223 Å². The molecule has 0 radical (unpaired) electrons. The molecule has 210 valence electrons. The average Bonchev–Trinajstić information content (AvgIpc) is 3.01. The first-order chi connectivity index (χ1) is 17.0. The van der Waals surface area contributed by atoms with Gasteiger partial charge in [0.05, 0.1) is 26.7 Å². The van der Waals surface area contributed by atoms with Crippen LogP contribution in [0.1, 0.15) is 81.1 Å². The van der Waals surface area contributed by atoms with E-state index in [9.17, 15) is 9.59 Å². The molecule has 5 aliphatic heterocycles. The van der Waals surface area contributed by atoms with E-state index < -0.39 is 0 Å². The van der Waals surface area contributed by atoms with Crippen LogP contribution in [-0.4, -0.2) is 122 Å². The molecule has 0 spiro atoms. The van der Waals surface area contributed by atoms with Crippen LogP contribution < -0.4 is 10.6 Å². The van der Waals surface area contributed by atoms with Gasteiger partial charge < -0.3 is 15.5 Å². The first-order valence-electron chi connectivity index (χ1n) is 14.1. The van der Waals surface area contributed by atoms with E-state index in [1.807, 2.05) is 14.7 Å². The molecule has 5 fully saturated rings. The standard InChI is InChI=1S/C27H50N8O2/c1-24(2)10-19(11-25(3,4)28-24)31-14-30(9)21-22-33(18-36)15-32(17-35(22)23(37)34(21)16-31)20-12-26(5,6)29-27(7,8)13-20/h18-22,28-29H,10-17H2,1-9H3. The fourth-order valence-electron chi connectivity index (χ4n) is 8.57. The van der Waals surface area contributed by atoms with Gasteiger partial charge >= 0.3 is 6.03 Å². The number of carbonyl (C=O) groups excluding carboxylic acids is 2. The van der Waals surface area contributed by atoms with Crippen LogP contribution >= 0.6 is 0 Å². The molecule has 5 rings (SSSR count). The van der Waals surface area contributed by atoms with E-state index >= 15 is 0 Å². The van der Waals surface area contributed by atoms with Gasteiger partial charge in [0.1, 0.15) is 12.3 Å². The number of carbonyl (C=O) groups is 2. The SMILES string of the molecule is CN1CN(C2CC(C)(C)NC(C)(C)C2)CN2C(=O)N3CN(C4CC(C)(C)NC(C)(C)C4)CN(C=O)C3C12. The minimum atomic E-state index is -0.253. The van der Waals surface area contributed by atoms with Gasteiger partial charge in [-0.2, -0.15) is 0 Å². The third-order valence-electron chi connectivity index (χ3n) is 9.11. The minimum absolute atomic E-state index is 0.00108. The summed E-state index contributed by atoms with van der Waals surface area (Å²) in [5.74, 6) is 0. The highest BCUT2D eigenvalue weighted by molar-refractivity contribution is 5.78. The first kappa shape index (κ1) is 27.1. The molecule has 10 nitrogen and oxygen atoms in total. The van der Waals surface area contributed by atoms with Gasteiger partial charge in [0, 0.05) is 34.2 Å². The van der Waals surface area contributed by atoms with Gasteiger partial charge in [-0.25, -0.2) is 4.79 Å². The Kier molecular flexibility index (Phi) is 6.43. The number of nitrogens with zero attached hydrogens (tertiary/aromatic N) is 6. The van der Waals surface area contributed by atoms with Crippen molar-refractivity contribution in [1.82, 2.24) is 40.0 Å². The maximum Gasteiger partial charge on any atom is 0.325 e. The predicted octanol–water partition coefficient (Wildman–Crippen LogP) is 1.85. The fraction of sp³-hybridized carbons (Fsp3) is 0.926. The lowest BCUT2D eigenvalue weighted by Crippen LogP contribution is -2.70. The van der Waals surface area contributed by atoms with Crippen LogP contribution in [0.25, 0.3) is 0 Å². The van der Waals surface area contributed by atoms with Crippen molar-refractivity contribution in [3.05, 3.63) is 0 Å². The average molecular weight is 519 g/mol. The number of fused-ring (bicyclic) bond motifs is 3. The lowest BCUT2D eigenvalue weighted by Gasteiger charge is -2.55. The molecule has 10 heteroatoms. The molecule has 37 heavy (non-hydrogen) atoms. The van der Waals surface area contributed by atoms with E-state index in [1.165, 1.54) is 0 Å². The zero-order valence-electron chi connectivity index (χ0n) is 24.5. The van der Waals surface area contributed by atoms with Gasteiger partial charge in [-0.3, -0.25) is 29.3 Å². The predicted molar refractivity (Wildman–Crippen MR) is 144 cm³/mol. The number of urea groups is 1. The third-order valence-corrected chi connectivity index (χ3v) is 9.11. The Morgan fingerprint density at radius 3 is 1.51 bits per heavy atom. The molecule has 0 aromatic heterocycles. The van der Waals surface area contributed by atoms with Gasteiger partial charge in [0.2, 0.25) is 6.41 Å². The summed E-state index contributed by atoms with van der Waals surface area (Å²) in [6.07, 6.45) is 4.63. The number of nitrogens with one attached hydrogen (secondary N) is 2. The summed E-state index contributed by atoms with van der Waals surface area (Å²) in [5.41, 5.74) is 0.0803. The maximum atomic E-state index is 14.0. The van der Waals surface area contributed by atoms with E-state index in [2.05, 4.69) is 87.8 Å². The van der Waals surface area contributed by atoms with E-state index in [4.69, 9.17) is 0 Å². The molecule has 0 bridgehead atoms. The van der Waals surface area contributed by atoms with Gasteiger partial charge in [-0.05, 0) is 88.1 Å². The van der Waals surface area contributed by atoms with Crippen LogP contribution in [0.3, 0.4) is 0 Å². The molecule has 2 atom stereocenters. The third kappa shape index (κ3) is 5.12. The van der Waals surface area contributed by atoms with Gasteiger partial charge in [-0.15, -0.1) is 0 Å². The number of piperidine rings is 2. The lowest BCUT2D eigenvalue weighted by molar-refractivity contribution is -0.150. The van der Waals surface area contributed by atoms with E-state index in [0.717, 1.165) is 38.8 Å². The topological polar surface area (TPSA) is 77.6 Å². The van der Waals surface area contributed by atoms with Crippen LogP contribution in [-0.2, 0) is 4.79 Å². The summed E-state index contributed by atoms with van der Waals surface area (Å²) >= 11 is 0. The smallest absolute Gasteiger partial charge is 0.308 e. The molecule has 5 saturated heterocycles. The Hall–Kier alpha value is -1.46. The van der Waals surface area contributed by atoms with Gasteiger partial charge in [0.15, 0.2) is 0 Å².